The summed E-state index contributed by atoms with van der Waals surface area (Å²) in [4.78, 5) is 24.0. The summed E-state index contributed by atoms with van der Waals surface area (Å²) in [6.07, 6.45) is 0.159. The number of nitrogens with one attached hydrogen (secondary N) is 1. The number of anilines is 1. The van der Waals surface area contributed by atoms with Crippen molar-refractivity contribution >= 4 is 28.2 Å². The summed E-state index contributed by atoms with van der Waals surface area (Å²) in [5.74, 6) is -2.79. The molecule has 0 unspecified atom stereocenters. The summed E-state index contributed by atoms with van der Waals surface area (Å²) >= 11 is 1.04. The Labute approximate surface area is 129 Å². The molecular weight excluding hydrogens is 319 g/mol. The fraction of sp³-hybridized carbons (Fsp3) is 0.571. The number of thiophene rings is 1. The van der Waals surface area contributed by atoms with E-state index < -0.39 is 18.1 Å². The summed E-state index contributed by atoms with van der Waals surface area (Å²) in [7, 11) is 1.17. The molecule has 0 aromatic carbocycles. The van der Waals surface area contributed by atoms with Gasteiger partial charge in [-0.2, -0.15) is 13.2 Å². The highest BCUT2D eigenvalue weighted by molar-refractivity contribution is 7.17. The molecule has 4 nitrogen and oxygen atoms in total. The van der Waals surface area contributed by atoms with E-state index in [1.54, 1.807) is 0 Å². The van der Waals surface area contributed by atoms with Gasteiger partial charge in [0.15, 0.2) is 0 Å². The first-order valence-corrected chi connectivity index (χ1v) is 7.77. The number of ether oxygens (including phenoxy) is 1. The van der Waals surface area contributed by atoms with E-state index in [4.69, 9.17) is 0 Å². The fourth-order valence-corrected chi connectivity index (χ4v) is 3.77. The van der Waals surface area contributed by atoms with Gasteiger partial charge in [-0.05, 0) is 31.2 Å². The molecule has 1 heterocycles. The predicted octanol–water partition coefficient (Wildman–Crippen LogP) is 3.69. The Bertz CT molecular complexity index is 581. The Kier molecular flexibility index (Phi) is 5.10. The maximum atomic E-state index is 12.4. The average molecular weight is 335 g/mol. The molecule has 1 aromatic rings. The van der Waals surface area contributed by atoms with Crippen LogP contribution in [0.5, 0.6) is 0 Å². The Balaban J connectivity index is 2.41. The summed E-state index contributed by atoms with van der Waals surface area (Å²) < 4.78 is 42.0. The number of fused-ring (bicyclic) bond motifs is 1. The first-order valence-electron chi connectivity index (χ1n) is 6.95. The number of halogens is 3. The minimum Gasteiger partial charge on any atom is -0.465 e. The van der Waals surface area contributed by atoms with E-state index in [1.165, 1.54) is 7.11 Å². The first kappa shape index (κ1) is 16.8. The molecule has 22 heavy (non-hydrogen) atoms. The van der Waals surface area contributed by atoms with Crippen molar-refractivity contribution in [2.24, 2.45) is 0 Å². The molecule has 0 bridgehead atoms. The Morgan fingerprint density at radius 2 is 1.77 bits per heavy atom. The average Bonchev–Trinajstić information content (AvgIpc) is 2.74. The lowest BCUT2D eigenvalue weighted by Gasteiger charge is -2.11. The molecular formula is C14H16F3NO3S. The van der Waals surface area contributed by atoms with Crippen LogP contribution < -0.4 is 5.32 Å². The maximum Gasteiger partial charge on any atom is 0.471 e. The van der Waals surface area contributed by atoms with E-state index in [0.717, 1.165) is 41.9 Å². The van der Waals surface area contributed by atoms with Gasteiger partial charge in [-0.15, -0.1) is 11.3 Å². The lowest BCUT2D eigenvalue weighted by molar-refractivity contribution is -0.167. The number of alkyl halides is 3. The van der Waals surface area contributed by atoms with Crippen molar-refractivity contribution in [3.8, 4) is 0 Å². The van der Waals surface area contributed by atoms with E-state index in [9.17, 15) is 22.8 Å². The number of rotatable bonds is 2. The predicted molar refractivity (Wildman–Crippen MR) is 76.2 cm³/mol. The molecule has 1 N–H and O–H groups in total. The summed E-state index contributed by atoms with van der Waals surface area (Å²) in [5.41, 5.74) is 0.788. The topological polar surface area (TPSA) is 55.4 Å². The highest BCUT2D eigenvalue weighted by Gasteiger charge is 2.40. The highest BCUT2D eigenvalue weighted by atomic mass is 32.1. The fourth-order valence-electron chi connectivity index (χ4n) is 2.50. The Hall–Kier alpha value is -1.57. The molecule has 2 rings (SSSR count). The second-order valence-electron chi connectivity index (χ2n) is 5.07. The second kappa shape index (κ2) is 6.68. The third-order valence-electron chi connectivity index (χ3n) is 3.55. The molecule has 0 saturated carbocycles. The molecule has 0 saturated heterocycles. The summed E-state index contributed by atoms with van der Waals surface area (Å²) in [5, 5.41) is 1.75. The van der Waals surface area contributed by atoms with Crippen LogP contribution in [0.1, 0.15) is 46.5 Å². The number of methoxy groups -OCH3 is 1. The second-order valence-corrected chi connectivity index (χ2v) is 6.17. The minimum atomic E-state index is -4.99. The minimum absolute atomic E-state index is 0.0684. The highest BCUT2D eigenvalue weighted by Crippen LogP contribution is 2.38. The van der Waals surface area contributed by atoms with Gasteiger partial charge >= 0.3 is 18.1 Å². The molecule has 0 atom stereocenters. The third kappa shape index (κ3) is 3.60. The number of hydrogen-bond acceptors (Lipinski definition) is 4. The molecule has 0 spiro atoms. The largest absolute Gasteiger partial charge is 0.471 e. The number of esters is 1. The van der Waals surface area contributed by atoms with Gasteiger partial charge in [-0.3, -0.25) is 4.79 Å². The van der Waals surface area contributed by atoms with Crippen LogP contribution in [0, 0.1) is 0 Å². The number of carbonyl (C=O) groups is 2. The number of carbonyl (C=O) groups excluding carboxylic acids is 2. The molecule has 0 fully saturated rings. The van der Waals surface area contributed by atoms with Crippen LogP contribution >= 0.6 is 11.3 Å². The van der Waals surface area contributed by atoms with Crippen LogP contribution in [0.25, 0.3) is 0 Å². The van der Waals surface area contributed by atoms with Gasteiger partial charge in [0.05, 0.1) is 12.7 Å². The smallest absolute Gasteiger partial charge is 0.465 e. The van der Waals surface area contributed by atoms with Gasteiger partial charge in [0.25, 0.3) is 0 Å². The number of amides is 1. The van der Waals surface area contributed by atoms with Crippen LogP contribution in [-0.4, -0.2) is 25.2 Å². The van der Waals surface area contributed by atoms with Crippen molar-refractivity contribution in [2.45, 2.75) is 44.7 Å². The van der Waals surface area contributed by atoms with E-state index in [-0.39, 0.29) is 10.6 Å². The normalized spacial score (nSPS) is 15.5. The lowest BCUT2D eigenvalue weighted by atomic mass is 9.96. The van der Waals surface area contributed by atoms with Crippen LogP contribution in [0.3, 0.4) is 0 Å². The molecule has 1 aliphatic carbocycles. The maximum absolute atomic E-state index is 12.4. The van der Waals surface area contributed by atoms with Crippen molar-refractivity contribution < 1.29 is 27.5 Å². The molecule has 8 heteroatoms. The molecule has 0 aliphatic heterocycles. The Morgan fingerprint density at radius 1 is 1.14 bits per heavy atom. The van der Waals surface area contributed by atoms with Crippen LogP contribution in [0.2, 0.25) is 0 Å². The van der Waals surface area contributed by atoms with Gasteiger partial charge in [-0.1, -0.05) is 12.8 Å². The van der Waals surface area contributed by atoms with Crippen LogP contribution in [0.15, 0.2) is 0 Å². The molecule has 122 valence electrons. The quantitative estimate of drug-likeness (QED) is 0.839. The van der Waals surface area contributed by atoms with E-state index in [1.807, 2.05) is 5.32 Å². The van der Waals surface area contributed by atoms with E-state index in [2.05, 4.69) is 4.74 Å². The first-order chi connectivity index (χ1) is 10.3. The zero-order valence-corrected chi connectivity index (χ0v) is 12.8. The van der Waals surface area contributed by atoms with Gasteiger partial charge < -0.3 is 10.1 Å². The van der Waals surface area contributed by atoms with Crippen molar-refractivity contribution in [3.63, 3.8) is 0 Å². The van der Waals surface area contributed by atoms with Crippen molar-refractivity contribution in [2.75, 3.05) is 12.4 Å². The lowest BCUT2D eigenvalue weighted by Crippen LogP contribution is -2.30. The summed E-state index contributed by atoms with van der Waals surface area (Å²) in [6.45, 7) is 0. The number of aryl methyl sites for hydroxylation is 1. The van der Waals surface area contributed by atoms with Gasteiger partial charge in [0.2, 0.25) is 0 Å². The third-order valence-corrected chi connectivity index (χ3v) is 4.75. The van der Waals surface area contributed by atoms with Gasteiger partial charge in [-0.25, -0.2) is 4.79 Å². The van der Waals surface area contributed by atoms with Crippen molar-refractivity contribution in [1.82, 2.24) is 0 Å². The van der Waals surface area contributed by atoms with Gasteiger partial charge in [0.1, 0.15) is 5.00 Å². The van der Waals surface area contributed by atoms with Crippen LogP contribution in [-0.2, 0) is 22.4 Å². The van der Waals surface area contributed by atoms with Crippen molar-refractivity contribution in [3.05, 3.63) is 16.0 Å². The standard InChI is InChI=1S/C14H16F3NO3S/c1-21-12(19)10-8-6-4-2-3-5-7-9(8)22-11(10)18-13(20)14(15,16)17/h2-7H2,1H3,(H,18,20). The Morgan fingerprint density at radius 3 is 2.36 bits per heavy atom. The van der Waals surface area contributed by atoms with Crippen LogP contribution in [0.4, 0.5) is 18.2 Å². The SMILES string of the molecule is COC(=O)c1c(NC(=O)C(F)(F)F)sc2c1CCCCCC2. The number of hydrogen-bond donors (Lipinski definition) is 1. The van der Waals surface area contributed by atoms with Gasteiger partial charge in [0, 0.05) is 4.88 Å². The molecule has 0 radical (unpaired) electrons. The summed E-state index contributed by atoms with van der Waals surface area (Å²) in [6, 6.07) is 0. The molecule has 1 aromatic heterocycles. The monoisotopic (exact) mass is 335 g/mol. The zero-order valence-electron chi connectivity index (χ0n) is 12.0. The van der Waals surface area contributed by atoms with E-state index in [0.29, 0.717) is 18.4 Å². The van der Waals surface area contributed by atoms with Crippen molar-refractivity contribution in [1.29, 1.82) is 0 Å². The zero-order chi connectivity index (χ0) is 16.3. The molecule has 1 aliphatic rings. The van der Waals surface area contributed by atoms with E-state index >= 15 is 0 Å². The molecule has 1 amide bonds.